The van der Waals surface area contributed by atoms with Gasteiger partial charge >= 0.3 is 11.9 Å². The first-order chi connectivity index (χ1) is 21.8. The van der Waals surface area contributed by atoms with E-state index in [0.29, 0.717) is 12.8 Å². The van der Waals surface area contributed by atoms with Gasteiger partial charge in [-0.25, -0.2) is 0 Å². The highest BCUT2D eigenvalue weighted by Crippen LogP contribution is 2.16. The van der Waals surface area contributed by atoms with Crippen LogP contribution in [0.2, 0.25) is 0 Å². The molecule has 0 aliphatic heterocycles. The van der Waals surface area contributed by atoms with Crippen LogP contribution in [0.1, 0.15) is 214 Å². The van der Waals surface area contributed by atoms with Crippen LogP contribution < -0.4 is 0 Å². The zero-order valence-electron chi connectivity index (χ0n) is 30.7. The molecular formula is C40H78O5. The molecule has 0 spiro atoms. The lowest BCUT2D eigenvalue weighted by Crippen LogP contribution is -2.25. The van der Waals surface area contributed by atoms with E-state index in [1.54, 1.807) is 0 Å². The molecule has 0 rings (SSSR count). The summed E-state index contributed by atoms with van der Waals surface area (Å²) in [6, 6.07) is 0. The largest absolute Gasteiger partial charge is 0.463 e. The number of carbonyl (C=O) groups is 2. The minimum absolute atomic E-state index is 0.109. The summed E-state index contributed by atoms with van der Waals surface area (Å²) in [4.78, 5) is 23.9. The molecule has 0 aromatic heterocycles. The average Bonchev–Trinajstić information content (AvgIpc) is 3.00. The second kappa shape index (κ2) is 34.2. The van der Waals surface area contributed by atoms with Gasteiger partial charge in [0.15, 0.2) is 0 Å². The molecule has 0 amide bonds. The number of hydrogen-bond donors (Lipinski definition) is 1. The average molecular weight is 639 g/mol. The Morgan fingerprint density at radius 1 is 0.400 bits per heavy atom. The Morgan fingerprint density at radius 2 is 0.622 bits per heavy atom. The molecule has 0 aliphatic carbocycles. The molecule has 0 heterocycles. The van der Waals surface area contributed by atoms with Crippen LogP contribution >= 0.6 is 0 Å². The summed E-state index contributed by atoms with van der Waals surface area (Å²) in [5, 5.41) is 10.0. The third-order valence-corrected chi connectivity index (χ3v) is 8.95. The number of aliphatic hydroxyl groups is 1. The molecule has 0 radical (unpaired) electrons. The van der Waals surface area contributed by atoms with E-state index >= 15 is 0 Å². The summed E-state index contributed by atoms with van der Waals surface area (Å²) >= 11 is 0. The fourth-order valence-corrected chi connectivity index (χ4v) is 5.93. The second-order valence-electron chi connectivity index (χ2n) is 14.7. The summed E-state index contributed by atoms with van der Waals surface area (Å²) in [5.41, 5.74) is 0. The number of hydrogen-bond acceptors (Lipinski definition) is 5. The zero-order valence-corrected chi connectivity index (χ0v) is 30.7. The summed E-state index contributed by atoms with van der Waals surface area (Å²) in [7, 11) is 0. The van der Waals surface area contributed by atoms with Crippen LogP contribution in [0.3, 0.4) is 0 Å². The Hall–Kier alpha value is -1.10. The molecule has 0 saturated heterocycles. The molecule has 0 fully saturated rings. The second-order valence-corrected chi connectivity index (χ2v) is 14.7. The van der Waals surface area contributed by atoms with E-state index in [-0.39, 0.29) is 25.2 Å². The van der Waals surface area contributed by atoms with Crippen LogP contribution in [0.15, 0.2) is 0 Å². The van der Waals surface area contributed by atoms with Gasteiger partial charge in [-0.1, -0.05) is 188 Å². The Kier molecular flexibility index (Phi) is 33.4. The van der Waals surface area contributed by atoms with Crippen LogP contribution in [-0.4, -0.2) is 36.4 Å². The highest BCUT2D eigenvalue weighted by atomic mass is 16.6. The molecule has 5 nitrogen and oxygen atoms in total. The van der Waals surface area contributed by atoms with Crippen molar-refractivity contribution < 1.29 is 24.2 Å². The highest BCUT2D eigenvalue weighted by Gasteiger charge is 2.12. The predicted octanol–water partition coefficient (Wildman–Crippen LogP) is 12.1. The highest BCUT2D eigenvalue weighted by molar-refractivity contribution is 5.69. The Balaban J connectivity index is 3.38. The molecular weight excluding hydrogens is 560 g/mol. The monoisotopic (exact) mass is 639 g/mol. The van der Waals surface area contributed by atoms with Gasteiger partial charge in [0.05, 0.1) is 0 Å². The molecule has 5 heteroatoms. The topological polar surface area (TPSA) is 72.8 Å². The third kappa shape index (κ3) is 37.2. The van der Waals surface area contributed by atoms with Gasteiger partial charge in [0, 0.05) is 12.8 Å². The quantitative estimate of drug-likeness (QED) is 0.0552. The summed E-state index contributed by atoms with van der Waals surface area (Å²) in [6.45, 7) is 9.02. The van der Waals surface area contributed by atoms with Gasteiger partial charge in [-0.3, -0.25) is 9.59 Å². The normalized spacial score (nSPS) is 12.2. The lowest BCUT2D eigenvalue weighted by atomic mass is 10.0. The maximum atomic E-state index is 12.0. The van der Waals surface area contributed by atoms with Crippen molar-refractivity contribution in [3.05, 3.63) is 0 Å². The van der Waals surface area contributed by atoms with Crippen molar-refractivity contribution in [2.24, 2.45) is 11.8 Å². The maximum absolute atomic E-state index is 12.0. The van der Waals surface area contributed by atoms with Crippen molar-refractivity contribution >= 4 is 11.9 Å². The van der Waals surface area contributed by atoms with Crippen molar-refractivity contribution in [1.82, 2.24) is 0 Å². The summed E-state index contributed by atoms with van der Waals surface area (Å²) < 4.78 is 10.3. The number of ether oxygens (including phenoxy) is 2. The van der Waals surface area contributed by atoms with E-state index in [9.17, 15) is 14.7 Å². The standard InChI is InChI=1S/C40H78O5/c1-36(2)30-26-22-18-14-10-7-5-6-8-12-16-20-24-28-32-39(42)44-34-38(41)35-45-40(43)33-29-25-21-17-13-9-11-15-19-23-27-31-37(3)4/h36-38,41H,5-35H2,1-4H3/t38-/m1/s1. The number of rotatable bonds is 35. The van der Waals surface area contributed by atoms with E-state index in [2.05, 4.69) is 27.7 Å². The van der Waals surface area contributed by atoms with Crippen molar-refractivity contribution in [1.29, 1.82) is 0 Å². The molecule has 45 heavy (non-hydrogen) atoms. The van der Waals surface area contributed by atoms with Gasteiger partial charge in [-0.15, -0.1) is 0 Å². The SMILES string of the molecule is CC(C)CCCCCCCCCCCCCCCCC(=O)OC[C@@H](O)COC(=O)CCCCCCCCCCCCCC(C)C. The third-order valence-electron chi connectivity index (χ3n) is 8.95. The summed E-state index contributed by atoms with van der Waals surface area (Å²) in [5.74, 6) is 1.13. The molecule has 0 bridgehead atoms. The van der Waals surface area contributed by atoms with Crippen molar-refractivity contribution in [3.63, 3.8) is 0 Å². The molecule has 1 N–H and O–H groups in total. The Labute approximate surface area is 280 Å². The Morgan fingerprint density at radius 3 is 0.867 bits per heavy atom. The zero-order chi connectivity index (χ0) is 33.2. The Bertz CT molecular complexity index is 632. The first-order valence-corrected chi connectivity index (χ1v) is 19.8. The molecule has 0 aliphatic rings. The van der Waals surface area contributed by atoms with Crippen LogP contribution in [0.25, 0.3) is 0 Å². The van der Waals surface area contributed by atoms with Gasteiger partial charge in [0.25, 0.3) is 0 Å². The predicted molar refractivity (Wildman–Crippen MR) is 191 cm³/mol. The fraction of sp³-hybridized carbons (Fsp3) is 0.950. The van der Waals surface area contributed by atoms with Crippen LogP contribution in [-0.2, 0) is 19.1 Å². The lowest BCUT2D eigenvalue weighted by molar-refractivity contribution is -0.152. The number of unbranched alkanes of at least 4 members (excludes halogenated alkanes) is 23. The molecule has 1 atom stereocenters. The fourth-order valence-electron chi connectivity index (χ4n) is 5.93. The number of aliphatic hydroxyl groups excluding tert-OH is 1. The summed E-state index contributed by atoms with van der Waals surface area (Å²) in [6.07, 6.45) is 34.4. The molecule has 0 saturated carbocycles. The van der Waals surface area contributed by atoms with Crippen molar-refractivity contribution in [3.8, 4) is 0 Å². The molecule has 268 valence electrons. The van der Waals surface area contributed by atoms with E-state index in [0.717, 1.165) is 37.5 Å². The number of esters is 2. The van der Waals surface area contributed by atoms with Crippen molar-refractivity contribution in [2.75, 3.05) is 13.2 Å². The van der Waals surface area contributed by atoms with Gasteiger partial charge in [-0.05, 0) is 24.7 Å². The van der Waals surface area contributed by atoms with Crippen LogP contribution in [0, 0.1) is 11.8 Å². The van der Waals surface area contributed by atoms with Gasteiger partial charge in [0.1, 0.15) is 19.3 Å². The first kappa shape index (κ1) is 43.9. The lowest BCUT2D eigenvalue weighted by Gasteiger charge is -2.12. The van der Waals surface area contributed by atoms with E-state index in [1.165, 1.54) is 148 Å². The van der Waals surface area contributed by atoms with E-state index in [1.807, 2.05) is 0 Å². The smallest absolute Gasteiger partial charge is 0.305 e. The van der Waals surface area contributed by atoms with E-state index in [4.69, 9.17) is 9.47 Å². The molecule has 0 aromatic rings. The van der Waals surface area contributed by atoms with E-state index < -0.39 is 6.10 Å². The molecule has 0 unspecified atom stereocenters. The van der Waals surface area contributed by atoms with Crippen LogP contribution in [0.5, 0.6) is 0 Å². The van der Waals surface area contributed by atoms with Gasteiger partial charge in [-0.2, -0.15) is 0 Å². The molecule has 0 aromatic carbocycles. The number of carbonyl (C=O) groups excluding carboxylic acids is 2. The van der Waals surface area contributed by atoms with Crippen LogP contribution in [0.4, 0.5) is 0 Å². The minimum Gasteiger partial charge on any atom is -0.463 e. The maximum Gasteiger partial charge on any atom is 0.305 e. The first-order valence-electron chi connectivity index (χ1n) is 19.8. The van der Waals surface area contributed by atoms with Gasteiger partial charge < -0.3 is 14.6 Å². The van der Waals surface area contributed by atoms with Crippen molar-refractivity contribution in [2.45, 2.75) is 220 Å². The van der Waals surface area contributed by atoms with Gasteiger partial charge in [0.2, 0.25) is 0 Å². The minimum atomic E-state index is -0.956.